The smallest absolute Gasteiger partial charge is 0.268 e. The number of fused-ring (bicyclic) bond motifs is 1. The van der Waals surface area contributed by atoms with Gasteiger partial charge in [0.25, 0.3) is 5.91 Å². The lowest BCUT2D eigenvalue weighted by Gasteiger charge is -2.12. The van der Waals surface area contributed by atoms with E-state index in [9.17, 15) is 4.79 Å². The van der Waals surface area contributed by atoms with Gasteiger partial charge in [0.05, 0.1) is 17.3 Å². The number of benzene rings is 2. The standard InChI is InChI=1S/C21H20N4O/c1-13(2)24-21(26)20-18(16-9-4-5-10-17(16)25(20)3)19(23)15-8-6-7-14(11-15)12-22/h4-11,13,23H,1-3H3,(H,24,26). The highest BCUT2D eigenvalue weighted by Gasteiger charge is 2.24. The van der Waals surface area contributed by atoms with Crippen LogP contribution in [0.1, 0.15) is 41.0 Å². The van der Waals surface area contributed by atoms with Gasteiger partial charge >= 0.3 is 0 Å². The monoisotopic (exact) mass is 344 g/mol. The van der Waals surface area contributed by atoms with Gasteiger partial charge in [-0.3, -0.25) is 10.2 Å². The van der Waals surface area contributed by atoms with Crippen LogP contribution in [0.3, 0.4) is 0 Å². The van der Waals surface area contributed by atoms with E-state index in [4.69, 9.17) is 10.7 Å². The third-order valence-electron chi connectivity index (χ3n) is 4.27. The molecule has 3 rings (SSSR count). The Balaban J connectivity index is 2.25. The van der Waals surface area contributed by atoms with Gasteiger partial charge in [-0.05, 0) is 32.0 Å². The first kappa shape index (κ1) is 17.4. The number of aryl methyl sites for hydroxylation is 1. The molecule has 0 radical (unpaired) electrons. The van der Waals surface area contributed by atoms with E-state index >= 15 is 0 Å². The summed E-state index contributed by atoms with van der Waals surface area (Å²) in [6.07, 6.45) is 0. The molecule has 0 aliphatic heterocycles. The minimum absolute atomic E-state index is 0.00976. The molecule has 26 heavy (non-hydrogen) atoms. The van der Waals surface area contributed by atoms with Gasteiger partial charge < -0.3 is 9.88 Å². The summed E-state index contributed by atoms with van der Waals surface area (Å²) in [5, 5.41) is 21.7. The Labute approximate surface area is 152 Å². The fourth-order valence-corrected chi connectivity index (χ4v) is 3.13. The summed E-state index contributed by atoms with van der Waals surface area (Å²) in [5.74, 6) is -0.213. The molecule has 0 unspecified atom stereocenters. The highest BCUT2D eigenvalue weighted by atomic mass is 16.2. The number of para-hydroxylation sites is 1. The van der Waals surface area contributed by atoms with Crippen LogP contribution in [0.15, 0.2) is 48.5 Å². The van der Waals surface area contributed by atoms with Crippen molar-refractivity contribution in [3.8, 4) is 6.07 Å². The zero-order valence-electron chi connectivity index (χ0n) is 15.0. The molecule has 0 aliphatic rings. The molecule has 0 saturated carbocycles. The maximum absolute atomic E-state index is 12.8. The quantitative estimate of drug-likeness (QED) is 0.709. The maximum atomic E-state index is 12.8. The maximum Gasteiger partial charge on any atom is 0.268 e. The highest BCUT2D eigenvalue weighted by Crippen LogP contribution is 2.28. The van der Waals surface area contributed by atoms with Crippen molar-refractivity contribution in [1.82, 2.24) is 9.88 Å². The fourth-order valence-electron chi connectivity index (χ4n) is 3.13. The van der Waals surface area contributed by atoms with Crippen molar-refractivity contribution in [2.75, 3.05) is 0 Å². The SMILES string of the molecule is CC(C)NC(=O)c1c(C(=N)c2cccc(C#N)c2)c2ccccc2n1C. The minimum Gasteiger partial charge on any atom is -0.349 e. The fraction of sp³-hybridized carbons (Fsp3) is 0.190. The average molecular weight is 344 g/mol. The third kappa shape index (κ3) is 2.98. The molecule has 0 aliphatic carbocycles. The van der Waals surface area contributed by atoms with Crippen LogP contribution in [0.5, 0.6) is 0 Å². The van der Waals surface area contributed by atoms with Crippen molar-refractivity contribution < 1.29 is 4.79 Å². The van der Waals surface area contributed by atoms with E-state index in [1.165, 1.54) is 0 Å². The van der Waals surface area contributed by atoms with Crippen molar-refractivity contribution in [3.05, 3.63) is 70.9 Å². The van der Waals surface area contributed by atoms with E-state index in [0.717, 1.165) is 10.9 Å². The number of carbonyl (C=O) groups excluding carboxylic acids is 1. The van der Waals surface area contributed by atoms with Crippen molar-refractivity contribution in [3.63, 3.8) is 0 Å². The largest absolute Gasteiger partial charge is 0.349 e. The molecule has 2 aromatic carbocycles. The van der Waals surface area contributed by atoms with Crippen molar-refractivity contribution in [2.24, 2.45) is 7.05 Å². The lowest BCUT2D eigenvalue weighted by atomic mass is 9.97. The van der Waals surface area contributed by atoms with Crippen LogP contribution >= 0.6 is 0 Å². The topological polar surface area (TPSA) is 81.7 Å². The van der Waals surface area contributed by atoms with Crippen LogP contribution in [0.25, 0.3) is 10.9 Å². The van der Waals surface area contributed by atoms with Crippen LogP contribution in [0, 0.1) is 16.7 Å². The number of nitrogens with one attached hydrogen (secondary N) is 2. The van der Waals surface area contributed by atoms with Crippen LogP contribution in [0.2, 0.25) is 0 Å². The molecule has 1 aromatic heterocycles. The second-order valence-electron chi connectivity index (χ2n) is 6.50. The molecule has 1 heterocycles. The molecule has 0 saturated heterocycles. The predicted molar refractivity (Wildman–Crippen MR) is 103 cm³/mol. The van der Waals surface area contributed by atoms with E-state index in [0.29, 0.717) is 22.4 Å². The van der Waals surface area contributed by atoms with Crippen LogP contribution in [-0.2, 0) is 7.05 Å². The Kier molecular flexibility index (Phi) is 4.59. The molecular weight excluding hydrogens is 324 g/mol. The van der Waals surface area contributed by atoms with Gasteiger partial charge in [-0.1, -0.05) is 30.3 Å². The van der Waals surface area contributed by atoms with Gasteiger partial charge in [0.1, 0.15) is 5.69 Å². The Hall–Kier alpha value is -3.39. The summed E-state index contributed by atoms with van der Waals surface area (Å²) < 4.78 is 1.82. The van der Waals surface area contributed by atoms with Gasteiger partial charge in [-0.2, -0.15) is 5.26 Å². The van der Waals surface area contributed by atoms with Gasteiger partial charge in [0.2, 0.25) is 0 Å². The Morgan fingerprint density at radius 2 is 1.92 bits per heavy atom. The number of nitriles is 1. The first-order chi connectivity index (χ1) is 12.4. The van der Waals surface area contributed by atoms with Gasteiger partial charge in [-0.25, -0.2) is 0 Å². The van der Waals surface area contributed by atoms with E-state index < -0.39 is 0 Å². The van der Waals surface area contributed by atoms with Crippen molar-refractivity contribution >= 4 is 22.5 Å². The number of amides is 1. The summed E-state index contributed by atoms with van der Waals surface area (Å²) in [5.41, 5.74) is 3.24. The molecular formula is C21H20N4O. The van der Waals surface area contributed by atoms with E-state index in [-0.39, 0.29) is 17.7 Å². The molecule has 0 bridgehead atoms. The third-order valence-corrected chi connectivity index (χ3v) is 4.27. The zero-order valence-corrected chi connectivity index (χ0v) is 15.0. The average Bonchev–Trinajstić information content (AvgIpc) is 2.93. The molecule has 130 valence electrons. The number of carbonyl (C=O) groups is 1. The summed E-state index contributed by atoms with van der Waals surface area (Å²) in [6, 6.07) is 16.7. The number of hydrogen-bond acceptors (Lipinski definition) is 3. The number of hydrogen-bond donors (Lipinski definition) is 2. The summed E-state index contributed by atoms with van der Waals surface area (Å²) in [6.45, 7) is 3.81. The molecule has 2 N–H and O–H groups in total. The molecule has 0 atom stereocenters. The Bertz CT molecular complexity index is 1050. The molecule has 0 spiro atoms. The second-order valence-corrected chi connectivity index (χ2v) is 6.50. The lowest BCUT2D eigenvalue weighted by molar-refractivity contribution is 0.0935. The Morgan fingerprint density at radius 1 is 1.19 bits per heavy atom. The first-order valence-corrected chi connectivity index (χ1v) is 8.41. The van der Waals surface area contributed by atoms with Gasteiger partial charge in [-0.15, -0.1) is 0 Å². The van der Waals surface area contributed by atoms with Gasteiger partial charge in [0, 0.05) is 35.1 Å². The summed E-state index contributed by atoms with van der Waals surface area (Å²) >= 11 is 0. The van der Waals surface area contributed by atoms with Gasteiger partial charge in [0.15, 0.2) is 0 Å². The van der Waals surface area contributed by atoms with E-state index in [1.807, 2.05) is 49.7 Å². The summed E-state index contributed by atoms with van der Waals surface area (Å²) in [4.78, 5) is 12.8. The van der Waals surface area contributed by atoms with Crippen LogP contribution in [-0.4, -0.2) is 22.2 Å². The number of aromatic nitrogens is 1. The second kappa shape index (κ2) is 6.85. The van der Waals surface area contributed by atoms with E-state index in [2.05, 4.69) is 11.4 Å². The zero-order chi connectivity index (χ0) is 18.8. The van der Waals surface area contributed by atoms with Crippen LogP contribution < -0.4 is 5.32 Å². The summed E-state index contributed by atoms with van der Waals surface area (Å²) in [7, 11) is 1.83. The molecule has 3 aromatic rings. The molecule has 0 fully saturated rings. The lowest BCUT2D eigenvalue weighted by Crippen LogP contribution is -2.32. The minimum atomic E-state index is -0.213. The number of rotatable bonds is 4. The Morgan fingerprint density at radius 3 is 2.62 bits per heavy atom. The van der Waals surface area contributed by atoms with Crippen LogP contribution in [0.4, 0.5) is 0 Å². The van der Waals surface area contributed by atoms with E-state index in [1.54, 1.807) is 24.3 Å². The van der Waals surface area contributed by atoms with Crippen molar-refractivity contribution in [2.45, 2.75) is 19.9 Å². The molecule has 1 amide bonds. The molecule has 5 heteroatoms. The predicted octanol–water partition coefficient (Wildman–Crippen LogP) is 3.60. The highest BCUT2D eigenvalue weighted by molar-refractivity contribution is 6.23. The first-order valence-electron chi connectivity index (χ1n) is 8.41. The molecule has 5 nitrogen and oxygen atoms in total. The van der Waals surface area contributed by atoms with Crippen molar-refractivity contribution in [1.29, 1.82) is 10.7 Å². The normalized spacial score (nSPS) is 10.7. The number of nitrogens with zero attached hydrogens (tertiary/aromatic N) is 2.